The van der Waals surface area contributed by atoms with Crippen LogP contribution in [0.1, 0.15) is 18.1 Å². The van der Waals surface area contributed by atoms with Crippen LogP contribution in [0, 0.1) is 17.0 Å². The topological polar surface area (TPSA) is 123 Å². The van der Waals surface area contributed by atoms with Gasteiger partial charge in [-0.15, -0.1) is 10.1 Å². The van der Waals surface area contributed by atoms with Crippen molar-refractivity contribution in [1.82, 2.24) is 0 Å². The first-order valence-electron chi connectivity index (χ1n) is 8.45. The number of rotatable bonds is 7. The highest BCUT2D eigenvalue weighted by Gasteiger charge is 2.49. The predicted molar refractivity (Wildman–Crippen MR) is 95.6 cm³/mol. The zero-order valence-corrected chi connectivity index (χ0v) is 16.7. The van der Waals surface area contributed by atoms with Gasteiger partial charge in [-0.1, -0.05) is 11.6 Å². The molecular weight excluding hydrogens is 455 g/mol. The normalized spacial score (nSPS) is 16.2. The summed E-state index contributed by atoms with van der Waals surface area (Å²) in [7, 11) is 0. The van der Waals surface area contributed by atoms with E-state index in [1.807, 2.05) is 0 Å². The third kappa shape index (κ3) is 6.64. The molecule has 2 unspecified atom stereocenters. The Hall–Kier alpha value is -3.22. The standard InChI is InChI=1S/C17H15ClF3NO9/c1-8-5-11(18)6-10-7-12(14(17(19,20)21)31-13(8)10)15(23)29-9(2)30-16(24)27-3-4-28-22(25)26/h5-7,9,14H,3-4H2,1-2H3. The average Bonchev–Trinajstić information content (AvgIpc) is 2.63. The lowest BCUT2D eigenvalue weighted by atomic mass is 9.99. The Bertz CT molecular complexity index is 904. The molecule has 0 amide bonds. The maximum absolute atomic E-state index is 13.5. The number of nitrogens with zero attached hydrogens (tertiary/aromatic N) is 1. The largest absolute Gasteiger partial charge is 0.511 e. The first-order valence-corrected chi connectivity index (χ1v) is 8.83. The van der Waals surface area contributed by atoms with Crippen molar-refractivity contribution in [3.8, 4) is 5.75 Å². The molecule has 0 bridgehead atoms. The zero-order chi connectivity index (χ0) is 23.3. The molecule has 0 N–H and O–H groups in total. The Morgan fingerprint density at radius 2 is 1.97 bits per heavy atom. The van der Waals surface area contributed by atoms with E-state index in [0.717, 1.165) is 13.0 Å². The first-order chi connectivity index (χ1) is 14.4. The quantitative estimate of drug-likeness (QED) is 0.194. The number of alkyl halides is 3. The number of esters is 1. The van der Waals surface area contributed by atoms with Crippen LogP contribution in [0.3, 0.4) is 0 Å². The van der Waals surface area contributed by atoms with Crippen molar-refractivity contribution in [3.63, 3.8) is 0 Å². The fraction of sp³-hybridized carbons (Fsp3) is 0.412. The molecule has 10 nitrogen and oxygen atoms in total. The van der Waals surface area contributed by atoms with Crippen LogP contribution in [0.2, 0.25) is 5.02 Å². The van der Waals surface area contributed by atoms with E-state index in [-0.39, 0.29) is 16.3 Å². The maximum atomic E-state index is 13.5. The molecule has 1 aliphatic heterocycles. The van der Waals surface area contributed by atoms with Crippen LogP contribution in [0.4, 0.5) is 18.0 Å². The van der Waals surface area contributed by atoms with Gasteiger partial charge in [0.05, 0.1) is 5.57 Å². The van der Waals surface area contributed by atoms with E-state index in [2.05, 4.69) is 14.3 Å². The molecule has 31 heavy (non-hydrogen) atoms. The summed E-state index contributed by atoms with van der Waals surface area (Å²) in [5.74, 6) is -1.55. The second kappa shape index (κ2) is 9.73. The molecule has 2 atom stereocenters. The minimum atomic E-state index is -4.95. The van der Waals surface area contributed by atoms with Crippen molar-refractivity contribution >= 4 is 29.8 Å². The molecule has 14 heteroatoms. The summed E-state index contributed by atoms with van der Waals surface area (Å²) in [6.45, 7) is 1.42. The lowest BCUT2D eigenvalue weighted by molar-refractivity contribution is -0.757. The Morgan fingerprint density at radius 1 is 1.29 bits per heavy atom. The van der Waals surface area contributed by atoms with Crippen molar-refractivity contribution in [2.45, 2.75) is 32.4 Å². The number of ether oxygens (including phenoxy) is 4. The van der Waals surface area contributed by atoms with Gasteiger partial charge in [0, 0.05) is 17.5 Å². The van der Waals surface area contributed by atoms with Gasteiger partial charge < -0.3 is 23.8 Å². The van der Waals surface area contributed by atoms with E-state index in [1.165, 1.54) is 19.1 Å². The fourth-order valence-corrected chi connectivity index (χ4v) is 2.79. The summed E-state index contributed by atoms with van der Waals surface area (Å²) in [5, 5.41) is 9.07. The number of halogens is 4. The lowest BCUT2D eigenvalue weighted by Crippen LogP contribution is -2.41. The maximum Gasteiger partial charge on any atom is 0.511 e. The third-order valence-corrected chi connectivity index (χ3v) is 3.88. The van der Waals surface area contributed by atoms with Crippen molar-refractivity contribution in [2.24, 2.45) is 0 Å². The predicted octanol–water partition coefficient (Wildman–Crippen LogP) is 3.61. The van der Waals surface area contributed by atoms with Gasteiger partial charge in [-0.05, 0) is 30.7 Å². The number of hydrogen-bond donors (Lipinski definition) is 0. The third-order valence-electron chi connectivity index (χ3n) is 3.67. The summed E-state index contributed by atoms with van der Waals surface area (Å²) in [6, 6.07) is 2.72. The number of carbonyl (C=O) groups is 2. The van der Waals surface area contributed by atoms with Crippen molar-refractivity contribution < 1.29 is 51.6 Å². The van der Waals surface area contributed by atoms with Gasteiger partial charge in [-0.25, -0.2) is 9.59 Å². The second-order valence-corrected chi connectivity index (χ2v) is 6.46. The van der Waals surface area contributed by atoms with Gasteiger partial charge in [0.15, 0.2) is 0 Å². The Morgan fingerprint density at radius 3 is 2.58 bits per heavy atom. The van der Waals surface area contributed by atoms with Gasteiger partial charge in [-0.2, -0.15) is 13.2 Å². The molecule has 0 spiro atoms. The van der Waals surface area contributed by atoms with E-state index >= 15 is 0 Å². The number of fused-ring (bicyclic) bond motifs is 1. The van der Waals surface area contributed by atoms with Gasteiger partial charge in [0.25, 0.3) is 5.09 Å². The first kappa shape index (κ1) is 24.1. The van der Waals surface area contributed by atoms with Gasteiger partial charge in [0.1, 0.15) is 19.0 Å². The summed E-state index contributed by atoms with van der Waals surface area (Å²) in [6.07, 6.45) is -9.67. The van der Waals surface area contributed by atoms with E-state index in [9.17, 15) is 32.9 Å². The molecule has 1 aliphatic rings. The van der Waals surface area contributed by atoms with Crippen LogP contribution in [0.15, 0.2) is 17.7 Å². The van der Waals surface area contributed by atoms with Crippen LogP contribution in [-0.2, 0) is 23.8 Å². The van der Waals surface area contributed by atoms with E-state index < -0.39 is 54.6 Å². The van der Waals surface area contributed by atoms with Crippen molar-refractivity contribution in [2.75, 3.05) is 13.2 Å². The highest BCUT2D eigenvalue weighted by atomic mass is 35.5. The monoisotopic (exact) mass is 469 g/mol. The smallest absolute Gasteiger partial charge is 0.475 e. The lowest BCUT2D eigenvalue weighted by Gasteiger charge is -2.29. The molecule has 2 rings (SSSR count). The van der Waals surface area contributed by atoms with Crippen LogP contribution >= 0.6 is 11.6 Å². The Labute approximate surface area is 177 Å². The molecule has 1 aromatic rings. The number of hydrogen-bond acceptors (Lipinski definition) is 9. The molecule has 0 aliphatic carbocycles. The van der Waals surface area contributed by atoms with E-state index in [4.69, 9.17) is 21.1 Å². The molecule has 0 saturated carbocycles. The second-order valence-electron chi connectivity index (χ2n) is 6.03. The number of carbonyl (C=O) groups excluding carboxylic acids is 2. The average molecular weight is 470 g/mol. The van der Waals surface area contributed by atoms with Gasteiger partial charge in [0.2, 0.25) is 12.4 Å². The Balaban J connectivity index is 2.09. The zero-order valence-electron chi connectivity index (χ0n) is 15.9. The highest BCUT2D eigenvalue weighted by Crippen LogP contribution is 2.40. The summed E-state index contributed by atoms with van der Waals surface area (Å²) in [5.41, 5.74) is -0.415. The molecule has 1 aromatic carbocycles. The molecule has 0 radical (unpaired) electrons. The minimum Gasteiger partial charge on any atom is -0.475 e. The summed E-state index contributed by atoms with van der Waals surface area (Å²) < 4.78 is 59.1. The van der Waals surface area contributed by atoms with Crippen LogP contribution < -0.4 is 4.74 Å². The summed E-state index contributed by atoms with van der Waals surface area (Å²) in [4.78, 5) is 37.6. The molecule has 170 valence electrons. The van der Waals surface area contributed by atoms with Gasteiger partial charge in [-0.3, -0.25) is 0 Å². The van der Waals surface area contributed by atoms with Gasteiger partial charge >= 0.3 is 18.3 Å². The van der Waals surface area contributed by atoms with Crippen LogP contribution in [-0.4, -0.2) is 49.0 Å². The minimum absolute atomic E-state index is 0.0897. The van der Waals surface area contributed by atoms with Crippen LogP contribution in [0.25, 0.3) is 6.08 Å². The Kier molecular flexibility index (Phi) is 7.55. The molecule has 0 saturated heterocycles. The number of benzene rings is 1. The number of aryl methyl sites for hydroxylation is 1. The SMILES string of the molecule is Cc1cc(Cl)cc2c1OC(C(F)(F)F)C(C(=O)OC(C)OC(=O)OCCO[N+](=O)[O-])=C2. The van der Waals surface area contributed by atoms with Crippen LogP contribution in [0.5, 0.6) is 5.75 Å². The van der Waals surface area contributed by atoms with E-state index in [1.54, 1.807) is 0 Å². The molecule has 0 fully saturated rings. The fourth-order valence-electron chi connectivity index (χ4n) is 2.51. The summed E-state index contributed by atoms with van der Waals surface area (Å²) >= 11 is 5.91. The van der Waals surface area contributed by atoms with E-state index in [0.29, 0.717) is 5.56 Å². The molecule has 0 aromatic heterocycles. The van der Waals surface area contributed by atoms with Crippen molar-refractivity contribution in [1.29, 1.82) is 0 Å². The highest BCUT2D eigenvalue weighted by molar-refractivity contribution is 6.30. The molecular formula is C17H15ClF3NO9. The molecule has 1 heterocycles. The van der Waals surface area contributed by atoms with Crippen molar-refractivity contribution in [3.05, 3.63) is 44.0 Å².